The zero-order valence-corrected chi connectivity index (χ0v) is 17.5. The lowest BCUT2D eigenvalue weighted by Gasteiger charge is -2.28. The van der Waals surface area contributed by atoms with E-state index in [1.54, 1.807) is 18.4 Å². The predicted molar refractivity (Wildman–Crippen MR) is 114 cm³/mol. The van der Waals surface area contributed by atoms with Crippen molar-refractivity contribution in [2.45, 2.75) is 26.9 Å². The van der Waals surface area contributed by atoms with Crippen LogP contribution in [0.25, 0.3) is 11.2 Å². The number of rotatable bonds is 6. The van der Waals surface area contributed by atoms with Crippen molar-refractivity contribution in [2.75, 3.05) is 37.7 Å². The lowest BCUT2D eigenvalue weighted by molar-refractivity contribution is -0.137. The molecule has 160 valence electrons. The van der Waals surface area contributed by atoms with E-state index in [-0.39, 0.29) is 18.8 Å². The number of imidazole rings is 1. The summed E-state index contributed by atoms with van der Waals surface area (Å²) in [6.07, 6.45) is 2.79. The van der Waals surface area contributed by atoms with Gasteiger partial charge in [0.2, 0.25) is 5.95 Å². The number of piperazine rings is 1. The molecule has 0 aliphatic carbocycles. The first-order valence-corrected chi connectivity index (χ1v) is 9.88. The standard InChI is InChI=1S/C20H26N6O4/c1-4-6-11-25-16-17(22-19(25)24-13-9-21-10-14-24)26(20(29)23(3)18(16)28)12-7-8-15(27)30-5-2/h7-8,21H,5,9-14H2,1-3H3. The van der Waals surface area contributed by atoms with E-state index in [0.717, 1.165) is 30.7 Å². The van der Waals surface area contributed by atoms with E-state index in [4.69, 9.17) is 4.74 Å². The molecule has 0 bridgehead atoms. The van der Waals surface area contributed by atoms with Gasteiger partial charge in [0, 0.05) is 45.8 Å². The minimum Gasteiger partial charge on any atom is -0.463 e. The molecule has 0 amide bonds. The Morgan fingerprint density at radius 1 is 1.27 bits per heavy atom. The van der Waals surface area contributed by atoms with Crippen LogP contribution in [0.1, 0.15) is 13.8 Å². The Labute approximate surface area is 173 Å². The molecule has 1 fully saturated rings. The Morgan fingerprint density at radius 3 is 2.67 bits per heavy atom. The van der Waals surface area contributed by atoms with Gasteiger partial charge in [0.1, 0.15) is 0 Å². The van der Waals surface area contributed by atoms with Crippen LogP contribution < -0.4 is 21.5 Å². The van der Waals surface area contributed by atoms with Crippen LogP contribution in [0.3, 0.4) is 0 Å². The third kappa shape index (κ3) is 4.16. The van der Waals surface area contributed by atoms with E-state index in [2.05, 4.69) is 27.0 Å². The lowest BCUT2D eigenvalue weighted by atomic mass is 10.4. The summed E-state index contributed by atoms with van der Waals surface area (Å²) in [6.45, 7) is 7.16. The van der Waals surface area contributed by atoms with Gasteiger partial charge in [-0.25, -0.2) is 9.59 Å². The number of esters is 1. The average Bonchev–Trinajstić information content (AvgIpc) is 3.13. The molecular weight excluding hydrogens is 388 g/mol. The molecule has 0 saturated carbocycles. The van der Waals surface area contributed by atoms with Gasteiger partial charge in [0.05, 0.1) is 13.2 Å². The summed E-state index contributed by atoms with van der Waals surface area (Å²) >= 11 is 0. The van der Waals surface area contributed by atoms with Gasteiger partial charge in [-0.1, -0.05) is 12.0 Å². The number of fused-ring (bicyclic) bond motifs is 1. The van der Waals surface area contributed by atoms with Crippen molar-refractivity contribution in [3.05, 3.63) is 33.0 Å². The number of carbonyl (C=O) groups is 1. The zero-order valence-electron chi connectivity index (χ0n) is 17.5. The molecule has 0 radical (unpaired) electrons. The fraction of sp³-hybridized carbons (Fsp3) is 0.500. The molecule has 1 N–H and O–H groups in total. The number of hydrogen-bond acceptors (Lipinski definition) is 7. The molecule has 10 nitrogen and oxygen atoms in total. The number of nitrogens with one attached hydrogen (secondary N) is 1. The summed E-state index contributed by atoms with van der Waals surface area (Å²) < 4.78 is 9.08. The molecule has 3 heterocycles. The quantitative estimate of drug-likeness (QED) is 0.384. The van der Waals surface area contributed by atoms with Crippen molar-refractivity contribution in [2.24, 2.45) is 7.05 Å². The summed E-state index contributed by atoms with van der Waals surface area (Å²) in [4.78, 5) is 44.1. The highest BCUT2D eigenvalue weighted by atomic mass is 16.5. The van der Waals surface area contributed by atoms with E-state index in [0.29, 0.717) is 18.0 Å². The highest BCUT2D eigenvalue weighted by Gasteiger charge is 2.24. The summed E-state index contributed by atoms with van der Waals surface area (Å²) in [5.74, 6) is 5.97. The summed E-state index contributed by atoms with van der Waals surface area (Å²) in [6, 6.07) is 0. The van der Waals surface area contributed by atoms with E-state index in [1.165, 1.54) is 23.8 Å². The van der Waals surface area contributed by atoms with Gasteiger partial charge in [0.25, 0.3) is 5.56 Å². The van der Waals surface area contributed by atoms with E-state index in [9.17, 15) is 14.4 Å². The van der Waals surface area contributed by atoms with Crippen LogP contribution in [0.5, 0.6) is 0 Å². The Hall–Kier alpha value is -3.32. The topological polar surface area (TPSA) is 103 Å². The fourth-order valence-electron chi connectivity index (χ4n) is 3.37. The molecular formula is C20H26N6O4. The fourth-order valence-corrected chi connectivity index (χ4v) is 3.37. The number of nitrogens with zero attached hydrogens (tertiary/aromatic N) is 5. The van der Waals surface area contributed by atoms with Crippen molar-refractivity contribution < 1.29 is 9.53 Å². The van der Waals surface area contributed by atoms with Crippen LogP contribution in [-0.2, 0) is 29.7 Å². The zero-order chi connectivity index (χ0) is 21.7. The first kappa shape index (κ1) is 21.4. The Morgan fingerprint density at radius 2 is 2.00 bits per heavy atom. The molecule has 30 heavy (non-hydrogen) atoms. The minimum atomic E-state index is -0.501. The van der Waals surface area contributed by atoms with Crippen LogP contribution in [0, 0.1) is 11.8 Å². The molecule has 2 aromatic rings. The van der Waals surface area contributed by atoms with E-state index in [1.807, 2.05) is 0 Å². The van der Waals surface area contributed by atoms with Gasteiger partial charge in [-0.15, -0.1) is 5.92 Å². The van der Waals surface area contributed by atoms with Gasteiger partial charge in [-0.2, -0.15) is 4.98 Å². The smallest absolute Gasteiger partial charge is 0.332 e. The Balaban J connectivity index is 2.17. The third-order valence-electron chi connectivity index (χ3n) is 4.85. The summed E-state index contributed by atoms with van der Waals surface area (Å²) in [5.41, 5.74) is -0.326. The molecule has 2 aromatic heterocycles. The molecule has 1 aliphatic heterocycles. The van der Waals surface area contributed by atoms with Crippen LogP contribution in [0.4, 0.5) is 5.95 Å². The van der Waals surface area contributed by atoms with Crippen LogP contribution in [0.15, 0.2) is 21.7 Å². The van der Waals surface area contributed by atoms with Crippen molar-refractivity contribution in [1.82, 2.24) is 24.0 Å². The van der Waals surface area contributed by atoms with Crippen molar-refractivity contribution in [3.8, 4) is 11.8 Å². The Kier molecular flexibility index (Phi) is 6.74. The van der Waals surface area contributed by atoms with Crippen LogP contribution in [-0.4, -0.2) is 57.4 Å². The molecule has 0 spiro atoms. The maximum atomic E-state index is 13.0. The van der Waals surface area contributed by atoms with Crippen LogP contribution in [0.2, 0.25) is 0 Å². The number of aromatic nitrogens is 4. The first-order valence-electron chi connectivity index (χ1n) is 9.88. The molecule has 1 aliphatic rings. The van der Waals surface area contributed by atoms with Gasteiger partial charge < -0.3 is 15.0 Å². The number of allylic oxidation sites excluding steroid dienone is 1. The highest BCUT2D eigenvalue weighted by molar-refractivity contribution is 5.82. The summed E-state index contributed by atoms with van der Waals surface area (Å²) in [7, 11) is 1.43. The second kappa shape index (κ2) is 9.45. The second-order valence-corrected chi connectivity index (χ2v) is 6.75. The average molecular weight is 414 g/mol. The van der Waals surface area contributed by atoms with Crippen molar-refractivity contribution >= 4 is 23.1 Å². The molecule has 3 rings (SSSR count). The second-order valence-electron chi connectivity index (χ2n) is 6.75. The minimum absolute atomic E-state index is 0.0831. The first-order chi connectivity index (χ1) is 14.5. The predicted octanol–water partition coefficient (Wildman–Crippen LogP) is -0.551. The third-order valence-corrected chi connectivity index (χ3v) is 4.85. The maximum absolute atomic E-state index is 13.0. The normalized spacial score (nSPS) is 14.2. The SMILES string of the molecule is CC#CCn1c(N2CCNCC2)nc2c1c(=O)n(C)c(=O)n2CC=CC(=O)OCC. The van der Waals surface area contributed by atoms with Crippen LogP contribution >= 0.6 is 0 Å². The monoisotopic (exact) mass is 414 g/mol. The number of hydrogen-bond donors (Lipinski definition) is 1. The molecule has 0 unspecified atom stereocenters. The number of ether oxygens (including phenoxy) is 1. The highest BCUT2D eigenvalue weighted by Crippen LogP contribution is 2.20. The van der Waals surface area contributed by atoms with Crippen molar-refractivity contribution in [3.63, 3.8) is 0 Å². The molecule has 0 aromatic carbocycles. The van der Waals surface area contributed by atoms with Gasteiger partial charge in [0.15, 0.2) is 11.2 Å². The Bertz CT molecular complexity index is 1140. The lowest BCUT2D eigenvalue weighted by Crippen LogP contribution is -2.44. The summed E-state index contributed by atoms with van der Waals surface area (Å²) in [5, 5.41) is 3.29. The number of anilines is 1. The maximum Gasteiger partial charge on any atom is 0.332 e. The van der Waals surface area contributed by atoms with Gasteiger partial charge >= 0.3 is 11.7 Å². The van der Waals surface area contributed by atoms with Gasteiger partial charge in [-0.05, 0) is 13.8 Å². The largest absolute Gasteiger partial charge is 0.463 e. The van der Waals surface area contributed by atoms with E-state index < -0.39 is 17.2 Å². The van der Waals surface area contributed by atoms with Crippen molar-refractivity contribution in [1.29, 1.82) is 0 Å². The molecule has 0 atom stereocenters. The number of carbonyl (C=O) groups excluding carboxylic acids is 1. The van der Waals surface area contributed by atoms with E-state index >= 15 is 0 Å². The molecule has 10 heteroatoms. The molecule has 1 saturated heterocycles. The van der Waals surface area contributed by atoms with Gasteiger partial charge in [-0.3, -0.25) is 18.5 Å².